The molecule has 1 aromatic heterocycles. The predicted octanol–water partition coefficient (Wildman–Crippen LogP) is 4.84. The number of anilines is 2. The Bertz CT molecular complexity index is 1370. The summed E-state index contributed by atoms with van der Waals surface area (Å²) in [6.07, 6.45) is 8.79. The number of nitrogens with zero attached hydrogens (tertiary/aromatic N) is 4. The molecule has 0 saturated heterocycles. The first-order valence-electron chi connectivity index (χ1n) is 11.4. The molecule has 0 unspecified atom stereocenters. The van der Waals surface area contributed by atoms with Gasteiger partial charge < -0.3 is 15.8 Å². The minimum absolute atomic E-state index is 0.367. The van der Waals surface area contributed by atoms with E-state index in [0.29, 0.717) is 29.4 Å². The number of allylic oxidation sites excluding steroid dienone is 3. The fraction of sp³-hybridized carbons (Fsp3) is 0.143. The van der Waals surface area contributed by atoms with Crippen LogP contribution >= 0.6 is 0 Å². The fourth-order valence-corrected chi connectivity index (χ4v) is 3.37. The molecule has 0 radical (unpaired) electrons. The number of carbonyl (C=O) groups is 1. The van der Waals surface area contributed by atoms with Gasteiger partial charge in [0.15, 0.2) is 0 Å². The van der Waals surface area contributed by atoms with Gasteiger partial charge >= 0.3 is 0 Å². The summed E-state index contributed by atoms with van der Waals surface area (Å²) in [5, 5.41) is 7.36. The quantitative estimate of drug-likeness (QED) is 0.232. The lowest BCUT2D eigenvalue weighted by atomic mass is 10.1. The molecule has 3 N–H and O–H groups in total. The van der Waals surface area contributed by atoms with E-state index in [9.17, 15) is 4.79 Å². The Kier molecular flexibility index (Phi) is 9.11. The molecule has 0 saturated carbocycles. The van der Waals surface area contributed by atoms with Gasteiger partial charge in [0.2, 0.25) is 11.5 Å². The van der Waals surface area contributed by atoms with Gasteiger partial charge in [-0.25, -0.2) is 0 Å². The Morgan fingerprint density at radius 3 is 2.64 bits per heavy atom. The largest absolute Gasteiger partial charge is 0.489 e. The van der Waals surface area contributed by atoms with Crippen molar-refractivity contribution in [2.75, 3.05) is 19.0 Å². The molecule has 0 spiro atoms. The summed E-state index contributed by atoms with van der Waals surface area (Å²) in [5.41, 5.74) is 9.43. The average molecular weight is 483 g/mol. The molecular weight excluding hydrogens is 452 g/mol. The maximum Gasteiger partial charge on any atom is 0.248 e. The molecule has 8 nitrogen and oxygen atoms in total. The lowest BCUT2D eigenvalue weighted by Gasteiger charge is -2.14. The van der Waals surface area contributed by atoms with Crippen LogP contribution in [0.5, 0.6) is 5.75 Å². The van der Waals surface area contributed by atoms with Gasteiger partial charge in [-0.3, -0.25) is 9.79 Å². The summed E-state index contributed by atoms with van der Waals surface area (Å²) in [6.45, 7) is 9.96. The lowest BCUT2D eigenvalue weighted by molar-refractivity contribution is 0.100. The third kappa shape index (κ3) is 6.66. The van der Waals surface area contributed by atoms with Gasteiger partial charge in [-0.05, 0) is 55.3 Å². The van der Waals surface area contributed by atoms with E-state index in [1.54, 1.807) is 42.1 Å². The molecule has 1 amide bonds. The lowest BCUT2D eigenvalue weighted by Crippen LogP contribution is -2.23. The standard InChI is InChI=1S/C28H30N6O2/c1-5-7-8-10-20(6-2)19-36-24-12-9-11-22(17-24)25-18-26(33-28(30-3)34(25)31-4)32-23-15-13-21(14-16-23)27(29)35/h5-7,9-18H,2,4,8,19H2,1,3H3,(H2,29,35)(H,30,32,33)/b7-5-,20-10+. The third-order valence-corrected chi connectivity index (χ3v) is 5.24. The minimum Gasteiger partial charge on any atom is -0.489 e. The van der Waals surface area contributed by atoms with E-state index in [4.69, 9.17) is 10.5 Å². The van der Waals surface area contributed by atoms with Crippen LogP contribution in [0.4, 0.5) is 11.5 Å². The molecule has 0 aliphatic heterocycles. The Hall–Kier alpha value is -4.72. The number of nitrogens with two attached hydrogens (primary N) is 1. The van der Waals surface area contributed by atoms with Crippen molar-refractivity contribution >= 4 is 24.1 Å². The minimum atomic E-state index is -0.484. The summed E-state index contributed by atoms with van der Waals surface area (Å²) in [4.78, 5) is 20.1. The summed E-state index contributed by atoms with van der Waals surface area (Å²) >= 11 is 0. The Labute approximate surface area is 210 Å². The number of nitrogens with one attached hydrogen (secondary N) is 1. The number of aromatic nitrogens is 2. The van der Waals surface area contributed by atoms with Crippen molar-refractivity contribution < 1.29 is 9.53 Å². The second kappa shape index (κ2) is 12.7. The van der Waals surface area contributed by atoms with E-state index in [1.807, 2.05) is 43.3 Å². The average Bonchev–Trinajstić information content (AvgIpc) is 2.90. The van der Waals surface area contributed by atoms with Gasteiger partial charge in [-0.2, -0.15) is 14.8 Å². The van der Waals surface area contributed by atoms with Crippen LogP contribution in [0.1, 0.15) is 23.7 Å². The molecule has 184 valence electrons. The molecule has 2 aromatic carbocycles. The Morgan fingerprint density at radius 1 is 1.22 bits per heavy atom. The summed E-state index contributed by atoms with van der Waals surface area (Å²) in [6, 6.07) is 16.3. The first kappa shape index (κ1) is 25.9. The number of amides is 1. The summed E-state index contributed by atoms with van der Waals surface area (Å²) in [5.74, 6) is 0.761. The maximum atomic E-state index is 11.4. The molecule has 36 heavy (non-hydrogen) atoms. The van der Waals surface area contributed by atoms with Crippen molar-refractivity contribution in [2.24, 2.45) is 15.8 Å². The molecule has 3 rings (SSSR count). The molecule has 8 heteroatoms. The van der Waals surface area contributed by atoms with Crippen LogP contribution < -0.4 is 21.4 Å². The zero-order valence-corrected chi connectivity index (χ0v) is 20.5. The first-order valence-corrected chi connectivity index (χ1v) is 11.4. The highest BCUT2D eigenvalue weighted by Crippen LogP contribution is 2.26. The van der Waals surface area contributed by atoms with Crippen molar-refractivity contribution in [1.82, 2.24) is 9.66 Å². The Morgan fingerprint density at radius 2 is 2.00 bits per heavy atom. The summed E-state index contributed by atoms with van der Waals surface area (Å²) in [7, 11) is 1.63. The van der Waals surface area contributed by atoms with Gasteiger partial charge in [0.25, 0.3) is 0 Å². The van der Waals surface area contributed by atoms with Crippen molar-refractivity contribution in [1.29, 1.82) is 0 Å². The van der Waals surface area contributed by atoms with E-state index in [-0.39, 0.29) is 0 Å². The van der Waals surface area contributed by atoms with Gasteiger partial charge in [0.1, 0.15) is 18.2 Å². The molecule has 0 bridgehead atoms. The van der Waals surface area contributed by atoms with Gasteiger partial charge in [-0.15, -0.1) is 0 Å². The van der Waals surface area contributed by atoms with E-state index in [0.717, 1.165) is 28.9 Å². The van der Waals surface area contributed by atoms with Crippen LogP contribution in [0.3, 0.4) is 0 Å². The number of primary amides is 1. The number of hydrogen-bond acceptors (Lipinski definition) is 6. The van der Waals surface area contributed by atoms with Crippen LogP contribution in [0.2, 0.25) is 0 Å². The molecule has 3 aromatic rings. The van der Waals surface area contributed by atoms with E-state index < -0.39 is 5.91 Å². The van der Waals surface area contributed by atoms with Crippen molar-refractivity contribution in [3.63, 3.8) is 0 Å². The van der Waals surface area contributed by atoms with Gasteiger partial charge in [0.05, 0.1) is 5.69 Å². The molecule has 0 aliphatic carbocycles. The van der Waals surface area contributed by atoms with Crippen LogP contribution in [0.15, 0.2) is 101 Å². The monoisotopic (exact) mass is 482 g/mol. The normalized spacial score (nSPS) is 11.9. The summed E-state index contributed by atoms with van der Waals surface area (Å²) < 4.78 is 7.59. The van der Waals surface area contributed by atoms with Crippen molar-refractivity contribution in [2.45, 2.75) is 13.3 Å². The molecular formula is C28H30N6O2. The maximum absolute atomic E-state index is 11.4. The first-order chi connectivity index (χ1) is 17.5. The van der Waals surface area contributed by atoms with Crippen LogP contribution in [-0.4, -0.2) is 35.9 Å². The highest BCUT2D eigenvalue weighted by molar-refractivity contribution is 5.93. The number of hydrogen-bond donors (Lipinski definition) is 2. The highest BCUT2D eigenvalue weighted by atomic mass is 16.5. The topological polar surface area (TPSA) is 107 Å². The third-order valence-electron chi connectivity index (χ3n) is 5.24. The Balaban J connectivity index is 1.93. The van der Waals surface area contributed by atoms with Gasteiger partial charge in [0, 0.05) is 36.6 Å². The van der Waals surface area contributed by atoms with Crippen molar-refractivity contribution in [3.05, 3.63) is 102 Å². The highest BCUT2D eigenvalue weighted by Gasteiger charge is 2.11. The fourth-order valence-electron chi connectivity index (χ4n) is 3.37. The smallest absolute Gasteiger partial charge is 0.248 e. The molecule has 0 atom stereocenters. The SMILES string of the molecule is C=C/C(=C\C/C=C\C)COc1cccc(-c2cc(Nc3ccc(C(N)=O)cc3)nc(=NC)n2N=C)c1. The van der Waals surface area contributed by atoms with E-state index >= 15 is 0 Å². The number of carbonyl (C=O) groups excluding carboxylic acids is 1. The molecule has 0 fully saturated rings. The van der Waals surface area contributed by atoms with E-state index in [2.05, 4.69) is 45.8 Å². The number of ether oxygens (including phenoxy) is 1. The predicted molar refractivity (Wildman–Crippen MR) is 146 cm³/mol. The van der Waals surface area contributed by atoms with Gasteiger partial charge in [-0.1, -0.05) is 43.0 Å². The number of benzene rings is 2. The second-order valence-electron chi connectivity index (χ2n) is 7.67. The van der Waals surface area contributed by atoms with E-state index in [1.165, 1.54) is 0 Å². The second-order valence-corrected chi connectivity index (χ2v) is 7.67. The molecule has 0 aliphatic rings. The molecule has 1 heterocycles. The van der Waals surface area contributed by atoms with Crippen LogP contribution in [0, 0.1) is 0 Å². The zero-order valence-electron chi connectivity index (χ0n) is 20.5. The van der Waals surface area contributed by atoms with Crippen LogP contribution in [0.25, 0.3) is 11.3 Å². The number of rotatable bonds is 11. The van der Waals surface area contributed by atoms with Crippen LogP contribution in [-0.2, 0) is 0 Å². The van der Waals surface area contributed by atoms with Crippen molar-refractivity contribution in [3.8, 4) is 17.0 Å². The zero-order chi connectivity index (χ0) is 25.9.